The van der Waals surface area contributed by atoms with Gasteiger partial charge in [-0.2, -0.15) is 0 Å². The molecule has 0 spiro atoms. The van der Waals surface area contributed by atoms with Gasteiger partial charge >= 0.3 is 8.60 Å². The van der Waals surface area contributed by atoms with Crippen LogP contribution >= 0.6 is 8.60 Å². The Hall–Kier alpha value is 0.0500. The van der Waals surface area contributed by atoms with Crippen LogP contribution in [0.5, 0.6) is 0 Å². The zero-order valence-electron chi connectivity index (χ0n) is 15.4. The van der Waals surface area contributed by atoms with Gasteiger partial charge in [0.05, 0.1) is 19.8 Å². The van der Waals surface area contributed by atoms with Crippen LogP contribution in [0, 0.1) is 0 Å². The Morgan fingerprint density at radius 2 is 0.955 bits per heavy atom. The van der Waals surface area contributed by atoms with Crippen LogP contribution in [0.15, 0.2) is 12.7 Å². The third kappa shape index (κ3) is 22.3. The van der Waals surface area contributed by atoms with Crippen molar-refractivity contribution in [3.05, 3.63) is 12.7 Å². The van der Waals surface area contributed by atoms with E-state index in [1.54, 1.807) is 6.08 Å². The molecular weight excluding hydrogens is 295 g/mol. The summed E-state index contributed by atoms with van der Waals surface area (Å²) in [5.41, 5.74) is 0. The fourth-order valence-corrected chi connectivity index (χ4v) is 2.64. The Balaban J connectivity index is 0. The zero-order chi connectivity index (χ0) is 16.9. The predicted molar refractivity (Wildman–Crippen MR) is 99.2 cm³/mol. The molecule has 0 aliphatic carbocycles. The lowest BCUT2D eigenvalue weighted by Crippen LogP contribution is -2.00. The monoisotopic (exact) mass is 334 g/mol. The maximum atomic E-state index is 5.72. The molecule has 0 aliphatic heterocycles. The molecule has 0 rings (SSSR count). The molecule has 0 atom stereocenters. The molecule has 0 aliphatic rings. The number of hydrogen-bond donors (Lipinski definition) is 0. The quantitative estimate of drug-likeness (QED) is 0.183. The van der Waals surface area contributed by atoms with Gasteiger partial charge in [0.15, 0.2) is 0 Å². The fourth-order valence-electron chi connectivity index (χ4n) is 1.59. The summed E-state index contributed by atoms with van der Waals surface area (Å²) in [5, 5.41) is 0. The molecule has 0 N–H and O–H groups in total. The number of unbranched alkanes of at least 4 members (excludes halogenated alkanes) is 6. The van der Waals surface area contributed by atoms with Crippen molar-refractivity contribution >= 4 is 8.60 Å². The van der Waals surface area contributed by atoms with E-state index in [0.717, 1.165) is 39.1 Å². The second-order valence-electron chi connectivity index (χ2n) is 5.25. The van der Waals surface area contributed by atoms with Gasteiger partial charge in [0.25, 0.3) is 0 Å². The molecule has 0 radical (unpaired) electrons. The van der Waals surface area contributed by atoms with Gasteiger partial charge in [-0.05, 0) is 26.2 Å². The first-order valence-corrected chi connectivity index (χ1v) is 10.1. The molecule has 0 aromatic carbocycles. The smallest absolute Gasteiger partial charge is 0.312 e. The summed E-state index contributed by atoms with van der Waals surface area (Å²) < 4.78 is 17.2. The van der Waals surface area contributed by atoms with Crippen LogP contribution in [0.25, 0.3) is 0 Å². The Morgan fingerprint density at radius 1 is 0.682 bits per heavy atom. The first-order chi connectivity index (χ1) is 10.8. The third-order valence-electron chi connectivity index (χ3n) is 2.83. The van der Waals surface area contributed by atoms with Crippen LogP contribution in [0.4, 0.5) is 0 Å². The van der Waals surface area contributed by atoms with E-state index >= 15 is 0 Å². The van der Waals surface area contributed by atoms with Crippen LogP contribution in [-0.4, -0.2) is 19.8 Å². The molecule has 3 nitrogen and oxygen atoms in total. The molecule has 0 heterocycles. The minimum atomic E-state index is -1.11. The Labute approximate surface area is 140 Å². The van der Waals surface area contributed by atoms with E-state index in [2.05, 4.69) is 27.4 Å². The van der Waals surface area contributed by atoms with Gasteiger partial charge < -0.3 is 13.6 Å². The Bertz CT molecular complexity index is 172. The van der Waals surface area contributed by atoms with Crippen molar-refractivity contribution in [2.45, 2.75) is 85.5 Å². The van der Waals surface area contributed by atoms with Crippen LogP contribution < -0.4 is 0 Å². The van der Waals surface area contributed by atoms with E-state index in [0.29, 0.717) is 0 Å². The molecule has 4 heteroatoms. The fraction of sp³-hybridized carbons (Fsp3) is 0.889. The number of allylic oxidation sites excluding steroid dienone is 1. The molecule has 0 aromatic rings. The van der Waals surface area contributed by atoms with Crippen LogP contribution in [0.3, 0.4) is 0 Å². The Morgan fingerprint density at radius 3 is 1.18 bits per heavy atom. The Kier molecular flexibility index (Phi) is 25.8. The first-order valence-electron chi connectivity index (χ1n) is 9.02. The maximum absolute atomic E-state index is 5.72. The molecule has 0 amide bonds. The first kappa shape index (κ1) is 24.3. The van der Waals surface area contributed by atoms with Crippen molar-refractivity contribution in [2.75, 3.05) is 19.8 Å². The van der Waals surface area contributed by atoms with Crippen LogP contribution in [-0.2, 0) is 13.6 Å². The predicted octanol–water partition coefficient (Wildman–Crippen LogP) is 7.03. The topological polar surface area (TPSA) is 27.7 Å². The van der Waals surface area contributed by atoms with E-state index in [4.69, 9.17) is 13.6 Å². The second-order valence-corrected chi connectivity index (χ2v) is 6.47. The highest BCUT2D eigenvalue weighted by atomic mass is 31.2. The van der Waals surface area contributed by atoms with Crippen LogP contribution in [0.1, 0.15) is 85.5 Å². The van der Waals surface area contributed by atoms with Gasteiger partial charge in [0.2, 0.25) is 0 Å². The second kappa shape index (κ2) is 23.3. The van der Waals surface area contributed by atoms with Gasteiger partial charge in [-0.15, -0.1) is 6.58 Å². The van der Waals surface area contributed by atoms with Gasteiger partial charge in [0, 0.05) is 0 Å². The van der Waals surface area contributed by atoms with E-state index in [9.17, 15) is 0 Å². The van der Waals surface area contributed by atoms with Crippen LogP contribution in [0.2, 0.25) is 0 Å². The van der Waals surface area contributed by atoms with E-state index in [-0.39, 0.29) is 0 Å². The highest BCUT2D eigenvalue weighted by Crippen LogP contribution is 2.40. The van der Waals surface area contributed by atoms with Gasteiger partial charge in [-0.25, -0.2) is 0 Å². The molecule has 0 fully saturated rings. The summed E-state index contributed by atoms with van der Waals surface area (Å²) in [6.45, 7) is 14.1. The van der Waals surface area contributed by atoms with Crippen molar-refractivity contribution in [3.63, 3.8) is 0 Å². The van der Waals surface area contributed by atoms with Crippen molar-refractivity contribution < 1.29 is 13.6 Å². The summed E-state index contributed by atoms with van der Waals surface area (Å²) in [4.78, 5) is 0. The average Bonchev–Trinajstić information content (AvgIpc) is 2.52. The number of rotatable bonds is 15. The molecule has 0 unspecified atom stereocenters. The lowest BCUT2D eigenvalue weighted by atomic mass is 10.3. The molecule has 0 saturated heterocycles. The zero-order valence-corrected chi connectivity index (χ0v) is 16.3. The molecule has 134 valence electrons. The van der Waals surface area contributed by atoms with E-state index in [1.165, 1.54) is 38.5 Å². The molecule has 0 bridgehead atoms. The minimum absolute atomic E-state index is 0.765. The summed E-state index contributed by atoms with van der Waals surface area (Å²) >= 11 is 0. The van der Waals surface area contributed by atoms with Crippen molar-refractivity contribution in [1.82, 2.24) is 0 Å². The summed E-state index contributed by atoms with van der Waals surface area (Å²) in [5.74, 6) is 0. The van der Waals surface area contributed by atoms with Gasteiger partial charge in [0.1, 0.15) is 0 Å². The van der Waals surface area contributed by atoms with Crippen molar-refractivity contribution in [3.8, 4) is 0 Å². The molecule has 22 heavy (non-hydrogen) atoms. The van der Waals surface area contributed by atoms with E-state index < -0.39 is 8.60 Å². The summed E-state index contributed by atoms with van der Waals surface area (Å²) in [6.07, 6.45) is 12.4. The standard InChI is InChI=1S/C15H33O3P.C3H6/c1-4-7-10-13-16-19(17-14-11-8-5-2)18-15-12-9-6-3;1-3-2/h4-15H2,1-3H3;3H,1H2,2H3. The average molecular weight is 334 g/mol. The SMILES string of the molecule is C=CC.CCCCCOP(OCCCCC)OCCCCC. The maximum Gasteiger partial charge on any atom is 0.332 e. The third-order valence-corrected chi connectivity index (χ3v) is 4.01. The van der Waals surface area contributed by atoms with Gasteiger partial charge in [-0.3, -0.25) is 0 Å². The minimum Gasteiger partial charge on any atom is -0.312 e. The molecular formula is C18H39O3P. The summed E-state index contributed by atoms with van der Waals surface area (Å²) in [7, 11) is -1.11. The summed E-state index contributed by atoms with van der Waals surface area (Å²) in [6, 6.07) is 0. The lowest BCUT2D eigenvalue weighted by Gasteiger charge is -2.16. The number of hydrogen-bond acceptors (Lipinski definition) is 3. The molecule has 0 aromatic heterocycles. The lowest BCUT2D eigenvalue weighted by molar-refractivity contribution is 0.154. The highest BCUT2D eigenvalue weighted by molar-refractivity contribution is 7.41. The van der Waals surface area contributed by atoms with Crippen molar-refractivity contribution in [2.24, 2.45) is 0 Å². The normalized spacial score (nSPS) is 10.4. The van der Waals surface area contributed by atoms with Gasteiger partial charge in [-0.1, -0.05) is 65.4 Å². The molecule has 0 saturated carbocycles. The highest BCUT2D eigenvalue weighted by Gasteiger charge is 2.11. The van der Waals surface area contributed by atoms with E-state index in [1.807, 2.05) is 6.92 Å². The van der Waals surface area contributed by atoms with Crippen molar-refractivity contribution in [1.29, 1.82) is 0 Å². The largest absolute Gasteiger partial charge is 0.332 e.